The second-order valence-electron chi connectivity index (χ2n) is 31.0. The Bertz CT molecular complexity index is 6980. The van der Waals surface area contributed by atoms with Crippen LogP contribution >= 0.6 is 76.2 Å². The van der Waals surface area contributed by atoms with Crippen molar-refractivity contribution in [2.24, 2.45) is 0 Å². The van der Waals surface area contributed by atoms with Gasteiger partial charge >= 0.3 is 40.4 Å². The number of aliphatic hydroxyl groups is 3. The molecule has 8 bridgehead atoms. The summed E-state index contributed by atoms with van der Waals surface area (Å²) in [6.07, 6.45) is -14.9. The Morgan fingerprint density at radius 3 is 1.17 bits per heavy atom. The maximum atomic E-state index is 16.0. The highest BCUT2D eigenvalue weighted by Crippen LogP contribution is 2.64. The number of hydrogen-bond donors (Lipinski definition) is 18. The third-order valence-corrected chi connectivity index (χ3v) is 35.1. The number of H-pyrrole nitrogens is 3. The smallest absolute Gasteiger partial charge is 0.386 e. The van der Waals surface area contributed by atoms with E-state index in [1.165, 1.54) is 79.8 Å². The van der Waals surface area contributed by atoms with Crippen LogP contribution in [0.5, 0.6) is 0 Å². The van der Waals surface area contributed by atoms with E-state index in [9.17, 15) is 58.7 Å². The normalized spacial score (nSPS) is 38.4. The highest BCUT2D eigenvalue weighted by atomic mass is 32.7. The van der Waals surface area contributed by atoms with Gasteiger partial charge in [-0.1, -0.05) is 12.2 Å². The molecule has 10 saturated heterocycles. The van der Waals surface area contributed by atoms with Gasteiger partial charge in [-0.2, -0.15) is 15.0 Å². The SMILES string of the molecule is Nc1nc2c(ncn2[C@@H]2O[C@@H]3COP(O)(=S)OC4[C@@H]5OC[C@]4(COP(=O)(S)O[C@H]2C3O)O[C@H]5n2cnc3c(N)ncnc32)c(=O)[nH]1.Nc1nc2c(ncn2[C@@H]2S[C@@H]3COP(O)(=S)O[C@H]4[C@H](F)[C@H](n5cnc6c(N)ncnc65)O[C@@H]4COP(O)(=S)O[C@@H]2[C@@H]3O)c(=O)[nH]1.Nc1nc2c(ncn2[C@@H]2S[C@@H]3COP(O)(=S)O[C@H]4[C@H](F)[C@H](n5cnc6c(N)ncnc65)O[C@@H]4COP(O)(=S)O[C@@H]2[C@@H]3O)c(=O)[nH]1. The molecule has 0 saturated carbocycles. The van der Waals surface area contributed by atoms with Crippen LogP contribution in [-0.2, 0) is 142 Å². The van der Waals surface area contributed by atoms with Crippen molar-refractivity contribution in [2.45, 2.75) is 143 Å². The van der Waals surface area contributed by atoms with Gasteiger partial charge in [0.1, 0.15) is 119 Å². The number of nitrogens with one attached hydrogen (secondary N) is 3. The molecule has 136 heavy (non-hydrogen) atoms. The van der Waals surface area contributed by atoms with Gasteiger partial charge in [0.05, 0.1) is 107 Å². The number of aromatic amines is 3. The van der Waals surface area contributed by atoms with Crippen LogP contribution in [0.25, 0.3) is 67.0 Å². The van der Waals surface area contributed by atoms with E-state index >= 15 is 8.78 Å². The largest absolute Gasteiger partial charge is 0.389 e. The number of thiol groups is 1. The number of ether oxygens (including phenoxy) is 5. The van der Waals surface area contributed by atoms with Crippen LogP contribution in [0.2, 0.25) is 0 Å². The highest BCUT2D eigenvalue weighted by Gasteiger charge is 2.66. The summed E-state index contributed by atoms with van der Waals surface area (Å²) in [5, 5.41) is 30.2. The van der Waals surface area contributed by atoms with Crippen molar-refractivity contribution in [1.29, 1.82) is 0 Å². The fraction of sp³-hybridized carbons (Fsp3) is 0.508. The Morgan fingerprint density at radius 1 is 0.404 bits per heavy atom. The average Bonchev–Trinajstić information content (AvgIpc) is 1.55. The standard InChI is InChI=1S/C21H24N10O11P2S2.2C20H23FN10O9P2S3/c22-14-8-15(25-4-24-14)30(5-26-8)19-12-13-21(40-19,2-36-12)3-38-44(35,46)41-11-10(32)7(1-37-43(34,45)42-13)39-18(11)31-6-27-9-16(31)28-20(23)29-17(9)33;2*21-8-12-6(38-18(8)30-4-26-9-14(22)24-3-25-15(9)30)1-36-41(34,43)40-13-11(32)7(2-37-42(35,44)39-12)45-19(13)31-5-27-10-16(31)28-20(23)29-17(10)33/h4-7,10-13,18-19,32H,1-3H2,(H,34,45)(H,35,46)(H2,22,24,25)(H3,23,28,29,33);2*3-8,11-13,18-19,32H,1-2H2,(H,34,43)(H,35,44)(H2,22,24,25)(H3,23,28,29,33)/t7-,10?,11+,12+,13?,18-,19-,21-,43?,44?;2*6-,7-,8+,11-,12-,13-,18-,19-,41?,42?/m111/s1. The molecule has 0 aliphatic carbocycles. The molecule has 10 aliphatic rings. The van der Waals surface area contributed by atoms with E-state index < -0.39 is 240 Å². The van der Waals surface area contributed by atoms with Crippen LogP contribution in [0.15, 0.2) is 71.3 Å². The zero-order valence-corrected chi connectivity index (χ0v) is 79.7. The first-order valence-corrected chi connectivity index (χ1v) is 56.8. The minimum atomic E-state index is -4.36. The topological polar surface area (TPSA) is 813 Å². The lowest BCUT2D eigenvalue weighted by molar-refractivity contribution is -0.183. The molecule has 0 aromatic carbocycles. The van der Waals surface area contributed by atoms with Gasteiger partial charge in [-0.05, 0) is 59.0 Å². The number of imidazole rings is 6. The van der Waals surface area contributed by atoms with Gasteiger partial charge < -0.3 is 120 Å². The van der Waals surface area contributed by atoms with Crippen LogP contribution < -0.4 is 51.1 Å². The van der Waals surface area contributed by atoms with Gasteiger partial charge in [-0.3, -0.25) is 88.4 Å². The number of fused-ring (bicyclic) bond motifs is 14. The first-order chi connectivity index (χ1) is 64.5. The number of nitrogen functional groups attached to an aromatic ring is 6. The number of thioether (sulfide) groups is 2. The molecule has 0 spiro atoms. The lowest BCUT2D eigenvalue weighted by atomic mass is 10.0. The minimum Gasteiger partial charge on any atom is -0.389 e. The number of alkyl halides is 2. The Balaban J connectivity index is 0.000000126. The Kier molecular flexibility index (Phi) is 25.8. The molecule has 12 aromatic heterocycles. The molecule has 0 amide bonds. The fourth-order valence-electron chi connectivity index (χ4n) is 16.5. The van der Waals surface area contributed by atoms with Gasteiger partial charge in [-0.25, -0.2) is 73.2 Å². The number of aliphatic hydroxyl groups excluding tert-OH is 3. The van der Waals surface area contributed by atoms with E-state index in [1.54, 1.807) is 4.57 Å². The van der Waals surface area contributed by atoms with Crippen LogP contribution in [0.4, 0.5) is 44.1 Å². The van der Waals surface area contributed by atoms with E-state index in [0.717, 1.165) is 23.5 Å². The number of nitrogens with zero attached hydrogens (tertiary/aromatic N) is 21. The van der Waals surface area contributed by atoms with Gasteiger partial charge in [0.15, 0.2) is 105 Å². The van der Waals surface area contributed by atoms with Crippen molar-refractivity contribution >= 4 is 237 Å². The van der Waals surface area contributed by atoms with E-state index in [4.69, 9.17) is 171 Å². The third kappa shape index (κ3) is 18.1. The minimum absolute atomic E-state index is 0.0133. The zero-order chi connectivity index (χ0) is 95.8. The quantitative estimate of drug-likeness (QED) is 0.0651. The molecule has 0 radical (unpaired) electrons. The van der Waals surface area contributed by atoms with E-state index in [1.807, 2.05) is 0 Å². The summed E-state index contributed by atoms with van der Waals surface area (Å²) in [5.74, 6) is -0.294. The van der Waals surface area contributed by atoms with Crippen molar-refractivity contribution < 1.29 is 131 Å². The van der Waals surface area contributed by atoms with Crippen LogP contribution in [-0.4, -0.2) is 311 Å². The van der Waals surface area contributed by atoms with Gasteiger partial charge in [0.25, 0.3) is 16.7 Å². The van der Waals surface area contributed by atoms with Crippen LogP contribution in [0, 0.1) is 0 Å². The molecule has 22 heterocycles. The number of nitrogens with two attached hydrogens (primary N) is 6. The molecule has 23 N–H and O–H groups in total. The second kappa shape index (κ2) is 36.4. The lowest BCUT2D eigenvalue weighted by Crippen LogP contribution is -2.45. The molecule has 59 nitrogen and oxygen atoms in total. The lowest BCUT2D eigenvalue weighted by Gasteiger charge is -2.33. The molecule has 12 aromatic rings. The summed E-state index contributed by atoms with van der Waals surface area (Å²) >= 11 is 32.6. The summed E-state index contributed by atoms with van der Waals surface area (Å²) in [6.45, 7) is -28.3. The first kappa shape index (κ1) is 96.4. The molecular weight excluding hydrogens is 2100 g/mol. The molecule has 10 aliphatic heterocycles. The predicted molar refractivity (Wildman–Crippen MR) is 484 cm³/mol. The zero-order valence-electron chi connectivity index (χ0n) is 67.7. The van der Waals surface area contributed by atoms with Crippen molar-refractivity contribution in [3.8, 4) is 0 Å². The van der Waals surface area contributed by atoms with Crippen LogP contribution in [0.1, 0.15) is 35.7 Å². The van der Waals surface area contributed by atoms with Crippen molar-refractivity contribution in [2.75, 3.05) is 80.7 Å². The number of rotatable bonds is 6. The predicted octanol–water partition coefficient (Wildman–Crippen LogP) is -1.71. The number of anilines is 6. The highest BCUT2D eigenvalue weighted by molar-refractivity contribution is 8.44. The van der Waals surface area contributed by atoms with Gasteiger partial charge in [0, 0.05) is 0 Å². The summed E-state index contributed by atoms with van der Waals surface area (Å²) in [5.41, 5.74) is 32.9. The summed E-state index contributed by atoms with van der Waals surface area (Å²) in [6, 6.07) is 0. The second-order valence-corrected chi connectivity index (χ2v) is 50.6. The van der Waals surface area contributed by atoms with E-state index in [0.29, 0.717) is 11.2 Å². The number of aromatic nitrogens is 24. The maximum Gasteiger partial charge on any atom is 0.386 e. The Morgan fingerprint density at radius 2 is 0.750 bits per heavy atom. The maximum absolute atomic E-state index is 16.0. The average molecular weight is 2170 g/mol. The van der Waals surface area contributed by atoms with E-state index in [-0.39, 0.29) is 97.7 Å². The first-order valence-electron chi connectivity index (χ1n) is 39.3. The number of halogens is 2. The number of hydrogen-bond acceptors (Lipinski definition) is 52. The van der Waals surface area contributed by atoms with Gasteiger partial charge in [-0.15, -0.1) is 23.5 Å². The Labute approximate surface area is 792 Å². The Hall–Kier alpha value is -7.11. The molecular formula is C61H70F2N30O29P6S8. The van der Waals surface area contributed by atoms with Crippen molar-refractivity contribution in [3.05, 3.63) is 88.0 Å². The third-order valence-electron chi connectivity index (χ3n) is 22.6. The molecule has 30 atom stereocenters. The summed E-state index contributed by atoms with van der Waals surface area (Å²) < 4.78 is 153. The molecule has 75 heteroatoms. The van der Waals surface area contributed by atoms with Gasteiger partial charge in [0.2, 0.25) is 17.8 Å². The van der Waals surface area contributed by atoms with Crippen molar-refractivity contribution in [1.82, 2.24) is 117 Å². The fourth-order valence-corrected chi connectivity index (χ4v) is 28.5. The summed E-state index contributed by atoms with van der Waals surface area (Å²) in [4.78, 5) is 161. The molecule has 8 unspecified atom stereocenters. The van der Waals surface area contributed by atoms with E-state index in [2.05, 4.69) is 102 Å². The molecule has 22 rings (SSSR count). The molecule has 730 valence electrons. The van der Waals surface area contributed by atoms with Crippen molar-refractivity contribution in [3.63, 3.8) is 0 Å². The molecule has 10 fully saturated rings. The summed E-state index contributed by atoms with van der Waals surface area (Å²) in [7, 11) is 0. The van der Waals surface area contributed by atoms with Crippen LogP contribution in [0.3, 0.4) is 0 Å². The monoisotopic (exact) mass is 2170 g/mol.